The Balaban J connectivity index is 0.00000225. The van der Waals surface area contributed by atoms with Crippen molar-refractivity contribution in [3.63, 3.8) is 0 Å². The molecule has 0 amide bonds. The van der Waals surface area contributed by atoms with Crippen LogP contribution in [-0.2, 0) is 13.2 Å². The van der Waals surface area contributed by atoms with Crippen LogP contribution in [0, 0.1) is 11.3 Å². The third-order valence-electron chi connectivity index (χ3n) is 3.54. The lowest BCUT2D eigenvalue weighted by atomic mass is 10.1. The summed E-state index contributed by atoms with van der Waals surface area (Å²) in [5, 5.41) is 19.1. The second kappa shape index (κ2) is 8.54. The second-order valence-electron chi connectivity index (χ2n) is 5.15. The van der Waals surface area contributed by atoms with Gasteiger partial charge in [0.25, 0.3) is 0 Å². The fourth-order valence-corrected chi connectivity index (χ4v) is 2.48. The third kappa shape index (κ3) is 4.31. The number of benzene rings is 2. The van der Waals surface area contributed by atoms with Gasteiger partial charge in [-0.15, -0.1) is 12.4 Å². The summed E-state index contributed by atoms with van der Waals surface area (Å²) in [6, 6.07) is 14.6. The molecule has 25 heavy (non-hydrogen) atoms. The highest BCUT2D eigenvalue weighted by molar-refractivity contribution is 6.32. The van der Waals surface area contributed by atoms with Crippen LogP contribution in [0.3, 0.4) is 0 Å². The van der Waals surface area contributed by atoms with Crippen molar-refractivity contribution in [2.75, 3.05) is 0 Å². The van der Waals surface area contributed by atoms with Crippen LogP contribution in [0.1, 0.15) is 16.8 Å². The number of imidazole rings is 1. The molecule has 0 aliphatic rings. The van der Waals surface area contributed by atoms with Gasteiger partial charge < -0.3 is 14.4 Å². The summed E-state index contributed by atoms with van der Waals surface area (Å²) >= 11 is 6.12. The molecule has 5 nitrogen and oxygen atoms in total. The number of rotatable bonds is 5. The number of hydrogen-bond acceptors (Lipinski definition) is 4. The minimum absolute atomic E-state index is 0. The maximum atomic E-state index is 9.30. The molecule has 1 aromatic heterocycles. The van der Waals surface area contributed by atoms with Gasteiger partial charge in [-0.25, -0.2) is 4.98 Å². The molecule has 2 aromatic carbocycles. The maximum absolute atomic E-state index is 9.30. The Morgan fingerprint density at radius 2 is 2.00 bits per heavy atom. The number of aliphatic hydroxyl groups is 1. The molecule has 0 radical (unpaired) electrons. The molecule has 0 unspecified atom stereocenters. The van der Waals surface area contributed by atoms with Gasteiger partial charge in [-0.1, -0.05) is 29.8 Å². The number of halogens is 2. The van der Waals surface area contributed by atoms with Crippen molar-refractivity contribution in [3.05, 3.63) is 76.8 Å². The fraction of sp³-hybridized carbons (Fsp3) is 0.111. The summed E-state index contributed by atoms with van der Waals surface area (Å²) in [5.74, 6) is 0.931. The normalized spacial score (nSPS) is 9.96. The molecule has 0 aliphatic carbocycles. The Kier molecular flexibility index (Phi) is 6.43. The molecule has 0 spiro atoms. The topological polar surface area (TPSA) is 71.1 Å². The van der Waals surface area contributed by atoms with E-state index in [9.17, 15) is 10.4 Å². The van der Waals surface area contributed by atoms with Crippen LogP contribution in [0.5, 0.6) is 11.5 Å². The van der Waals surface area contributed by atoms with Crippen LogP contribution >= 0.6 is 24.0 Å². The van der Waals surface area contributed by atoms with Crippen LogP contribution in [0.4, 0.5) is 0 Å². The molecular weight excluding hydrogens is 361 g/mol. The Labute approximate surface area is 156 Å². The van der Waals surface area contributed by atoms with Crippen molar-refractivity contribution in [2.24, 2.45) is 0 Å². The number of nitrogens with zero attached hydrogens (tertiary/aromatic N) is 3. The van der Waals surface area contributed by atoms with Gasteiger partial charge in [0.1, 0.15) is 17.6 Å². The number of aromatic nitrogens is 2. The molecular formula is C18H15Cl2N3O2. The average Bonchev–Trinajstić information content (AvgIpc) is 3.04. The monoisotopic (exact) mass is 375 g/mol. The second-order valence-corrected chi connectivity index (χ2v) is 5.55. The third-order valence-corrected chi connectivity index (χ3v) is 3.85. The van der Waals surface area contributed by atoms with Crippen molar-refractivity contribution in [1.29, 1.82) is 5.26 Å². The summed E-state index contributed by atoms with van der Waals surface area (Å²) < 4.78 is 7.65. The number of ether oxygens (including phenoxy) is 1. The number of aliphatic hydroxyl groups excluding tert-OH is 1. The lowest BCUT2D eigenvalue weighted by Gasteiger charge is -2.12. The van der Waals surface area contributed by atoms with Crippen LogP contribution in [-0.4, -0.2) is 14.7 Å². The number of hydrogen-bond donors (Lipinski definition) is 1. The smallest absolute Gasteiger partial charge is 0.146 e. The van der Waals surface area contributed by atoms with E-state index >= 15 is 0 Å². The minimum Gasteiger partial charge on any atom is -0.454 e. The van der Waals surface area contributed by atoms with E-state index in [1.54, 1.807) is 36.8 Å². The van der Waals surface area contributed by atoms with Crippen LogP contribution in [0.2, 0.25) is 5.02 Å². The van der Waals surface area contributed by atoms with Crippen molar-refractivity contribution >= 4 is 24.0 Å². The van der Waals surface area contributed by atoms with Gasteiger partial charge in [0.05, 0.1) is 35.4 Å². The molecule has 0 saturated carbocycles. The maximum Gasteiger partial charge on any atom is 0.146 e. The highest BCUT2D eigenvalue weighted by atomic mass is 35.5. The minimum atomic E-state index is -0.0841. The molecule has 0 saturated heterocycles. The molecule has 0 bridgehead atoms. The number of nitriles is 1. The van der Waals surface area contributed by atoms with Gasteiger partial charge >= 0.3 is 0 Å². The molecule has 0 atom stereocenters. The van der Waals surface area contributed by atoms with E-state index < -0.39 is 0 Å². The first kappa shape index (κ1) is 18.8. The summed E-state index contributed by atoms with van der Waals surface area (Å²) in [6.45, 7) is 0.430. The van der Waals surface area contributed by atoms with Gasteiger partial charge in [0.2, 0.25) is 0 Å². The molecule has 1 heterocycles. The molecule has 3 rings (SSSR count). The lowest BCUT2D eigenvalue weighted by Crippen LogP contribution is -2.03. The zero-order valence-electron chi connectivity index (χ0n) is 13.1. The molecule has 3 aromatic rings. The lowest BCUT2D eigenvalue weighted by molar-refractivity contribution is 0.271. The first-order valence-corrected chi connectivity index (χ1v) is 7.64. The Bertz CT molecular complexity index is 903. The molecule has 0 aliphatic heterocycles. The van der Waals surface area contributed by atoms with E-state index in [1.807, 2.05) is 22.8 Å². The van der Waals surface area contributed by atoms with Crippen molar-refractivity contribution in [1.82, 2.24) is 9.55 Å². The standard InChI is InChI=1S/C18H14ClN3O2.ClH/c19-16-3-1-2-4-17(16)24-18-7-13(5-6-14(18)8-20)10-22-12-21-9-15(22)11-23;/h1-7,9,12,23H,10-11H2;1H. The van der Waals surface area contributed by atoms with Crippen molar-refractivity contribution in [3.8, 4) is 17.6 Å². The molecule has 128 valence electrons. The van der Waals surface area contributed by atoms with E-state index in [-0.39, 0.29) is 19.0 Å². The van der Waals surface area contributed by atoms with E-state index in [0.29, 0.717) is 34.3 Å². The van der Waals surface area contributed by atoms with Crippen molar-refractivity contribution in [2.45, 2.75) is 13.2 Å². The Hall–Kier alpha value is -2.52. The Morgan fingerprint density at radius 1 is 1.20 bits per heavy atom. The highest BCUT2D eigenvalue weighted by Crippen LogP contribution is 2.31. The summed E-state index contributed by atoms with van der Waals surface area (Å²) in [5.41, 5.74) is 2.06. The summed E-state index contributed by atoms with van der Waals surface area (Å²) in [4.78, 5) is 4.03. The predicted octanol–water partition coefficient (Wildman–Crippen LogP) is 4.16. The highest BCUT2D eigenvalue weighted by Gasteiger charge is 2.10. The van der Waals surface area contributed by atoms with Gasteiger partial charge in [0, 0.05) is 6.54 Å². The van der Waals surface area contributed by atoms with Gasteiger partial charge in [-0.2, -0.15) is 5.26 Å². The SMILES string of the molecule is Cl.N#Cc1ccc(Cn2cncc2CO)cc1Oc1ccccc1Cl. The van der Waals surface area contributed by atoms with Crippen LogP contribution in [0.25, 0.3) is 0 Å². The van der Waals surface area contributed by atoms with Crippen molar-refractivity contribution < 1.29 is 9.84 Å². The van der Waals surface area contributed by atoms with E-state index in [0.717, 1.165) is 5.56 Å². The van der Waals surface area contributed by atoms with E-state index in [4.69, 9.17) is 16.3 Å². The zero-order valence-corrected chi connectivity index (χ0v) is 14.7. The zero-order chi connectivity index (χ0) is 16.9. The number of para-hydroxylation sites is 1. The first-order chi connectivity index (χ1) is 11.7. The largest absolute Gasteiger partial charge is 0.454 e. The van der Waals surface area contributed by atoms with Gasteiger partial charge in [-0.3, -0.25) is 0 Å². The fourth-order valence-electron chi connectivity index (χ4n) is 2.31. The Morgan fingerprint density at radius 3 is 2.72 bits per heavy atom. The predicted molar refractivity (Wildman–Crippen MR) is 97.2 cm³/mol. The van der Waals surface area contributed by atoms with E-state index in [1.165, 1.54) is 0 Å². The quantitative estimate of drug-likeness (QED) is 0.726. The average molecular weight is 376 g/mol. The van der Waals surface area contributed by atoms with E-state index in [2.05, 4.69) is 11.1 Å². The summed E-state index contributed by atoms with van der Waals surface area (Å²) in [6.07, 6.45) is 3.27. The van der Waals surface area contributed by atoms with Crippen LogP contribution in [0.15, 0.2) is 55.0 Å². The van der Waals surface area contributed by atoms with Gasteiger partial charge in [-0.05, 0) is 29.8 Å². The van der Waals surface area contributed by atoms with Crippen LogP contribution < -0.4 is 4.74 Å². The first-order valence-electron chi connectivity index (χ1n) is 7.26. The summed E-state index contributed by atoms with van der Waals surface area (Å²) in [7, 11) is 0. The molecule has 1 N–H and O–H groups in total. The van der Waals surface area contributed by atoms with Gasteiger partial charge in [0.15, 0.2) is 0 Å². The molecule has 0 fully saturated rings. The molecule has 7 heteroatoms.